The Bertz CT molecular complexity index is 407. The summed E-state index contributed by atoms with van der Waals surface area (Å²) in [5.74, 6) is 0.322. The fraction of sp³-hybridized carbons (Fsp3) is 0.417. The lowest BCUT2D eigenvalue weighted by Gasteiger charge is -2.15. The van der Waals surface area contributed by atoms with Gasteiger partial charge in [-0.15, -0.1) is 11.8 Å². The van der Waals surface area contributed by atoms with Gasteiger partial charge in [-0.2, -0.15) is 0 Å². The fourth-order valence-corrected chi connectivity index (χ4v) is 2.13. The van der Waals surface area contributed by atoms with Gasteiger partial charge in [-0.25, -0.2) is 4.79 Å². The first kappa shape index (κ1) is 14.7. The molecule has 1 aromatic carbocycles. The van der Waals surface area contributed by atoms with Crippen LogP contribution in [0.5, 0.6) is 11.5 Å². The van der Waals surface area contributed by atoms with E-state index in [2.05, 4.69) is 4.74 Å². The summed E-state index contributed by atoms with van der Waals surface area (Å²) in [5, 5.41) is 9.81. The molecule has 6 heteroatoms. The molecule has 1 aromatic rings. The number of hydrogen-bond donors (Lipinski definition) is 1. The van der Waals surface area contributed by atoms with Crippen molar-refractivity contribution in [2.24, 2.45) is 0 Å². The standard InChI is InChI=1S/C12H16O5S/c1-15-8-5-7(10(13)12(14)17-3)6-9(18-4)11(8)16-2/h5-6,10,13H,1-4H3. The van der Waals surface area contributed by atoms with E-state index in [1.807, 2.05) is 6.26 Å². The number of aliphatic hydroxyl groups excluding tert-OH is 1. The molecule has 5 nitrogen and oxygen atoms in total. The van der Waals surface area contributed by atoms with Crippen LogP contribution in [0.25, 0.3) is 0 Å². The SMILES string of the molecule is COC(=O)C(O)c1cc(OC)c(OC)c(SC)c1. The zero-order chi connectivity index (χ0) is 13.7. The van der Waals surface area contributed by atoms with Gasteiger partial charge < -0.3 is 19.3 Å². The van der Waals surface area contributed by atoms with Gasteiger partial charge in [0.1, 0.15) is 0 Å². The summed E-state index contributed by atoms with van der Waals surface area (Å²) in [6.45, 7) is 0. The number of thioether (sulfide) groups is 1. The third-order valence-electron chi connectivity index (χ3n) is 2.43. The molecule has 0 aliphatic carbocycles. The molecule has 18 heavy (non-hydrogen) atoms. The van der Waals surface area contributed by atoms with Crippen LogP contribution in [0.15, 0.2) is 17.0 Å². The molecule has 0 amide bonds. The number of ether oxygens (including phenoxy) is 3. The lowest BCUT2D eigenvalue weighted by atomic mass is 10.1. The molecule has 0 saturated carbocycles. The third-order valence-corrected chi connectivity index (χ3v) is 3.17. The Morgan fingerprint density at radius 2 is 1.94 bits per heavy atom. The zero-order valence-electron chi connectivity index (χ0n) is 10.7. The van der Waals surface area contributed by atoms with Crippen molar-refractivity contribution in [2.45, 2.75) is 11.0 Å². The normalized spacial score (nSPS) is 11.8. The van der Waals surface area contributed by atoms with E-state index >= 15 is 0 Å². The topological polar surface area (TPSA) is 65.0 Å². The lowest BCUT2D eigenvalue weighted by molar-refractivity contribution is -0.150. The van der Waals surface area contributed by atoms with Crippen molar-refractivity contribution in [3.63, 3.8) is 0 Å². The quantitative estimate of drug-likeness (QED) is 0.649. The largest absolute Gasteiger partial charge is 0.493 e. The van der Waals surface area contributed by atoms with Crippen LogP contribution in [0.3, 0.4) is 0 Å². The molecule has 0 aromatic heterocycles. The molecule has 1 atom stereocenters. The lowest BCUT2D eigenvalue weighted by Crippen LogP contribution is -2.13. The Hall–Kier alpha value is -1.40. The Morgan fingerprint density at radius 3 is 2.39 bits per heavy atom. The number of carbonyl (C=O) groups excluding carboxylic acids is 1. The van der Waals surface area contributed by atoms with Crippen molar-refractivity contribution in [1.82, 2.24) is 0 Å². The van der Waals surface area contributed by atoms with Gasteiger partial charge >= 0.3 is 5.97 Å². The smallest absolute Gasteiger partial charge is 0.339 e. The highest BCUT2D eigenvalue weighted by atomic mass is 32.2. The molecule has 0 heterocycles. The molecule has 1 rings (SSSR count). The maximum atomic E-state index is 11.3. The minimum Gasteiger partial charge on any atom is -0.493 e. The van der Waals surface area contributed by atoms with Crippen LogP contribution in [0.2, 0.25) is 0 Å². The van der Waals surface area contributed by atoms with Crippen molar-refractivity contribution in [1.29, 1.82) is 0 Å². The second kappa shape index (κ2) is 6.51. The molecule has 0 aliphatic heterocycles. The van der Waals surface area contributed by atoms with Gasteiger partial charge in [-0.05, 0) is 24.0 Å². The molecule has 100 valence electrons. The van der Waals surface area contributed by atoms with Crippen LogP contribution < -0.4 is 9.47 Å². The Kier molecular flexibility index (Phi) is 5.30. The summed E-state index contributed by atoms with van der Waals surface area (Å²) in [6.07, 6.45) is 0.534. The van der Waals surface area contributed by atoms with E-state index in [1.54, 1.807) is 12.1 Å². The van der Waals surface area contributed by atoms with Gasteiger partial charge in [0.25, 0.3) is 0 Å². The number of benzene rings is 1. The summed E-state index contributed by atoms with van der Waals surface area (Å²) < 4.78 is 14.9. The molecular formula is C12H16O5S. The molecular weight excluding hydrogens is 256 g/mol. The minimum atomic E-state index is -1.33. The van der Waals surface area contributed by atoms with Crippen molar-refractivity contribution in [3.05, 3.63) is 17.7 Å². The van der Waals surface area contributed by atoms with Crippen LogP contribution in [0.1, 0.15) is 11.7 Å². The van der Waals surface area contributed by atoms with Crippen LogP contribution in [-0.4, -0.2) is 38.7 Å². The van der Waals surface area contributed by atoms with Gasteiger partial charge in [0.05, 0.1) is 26.2 Å². The second-order valence-corrected chi connectivity index (χ2v) is 4.23. The Morgan fingerprint density at radius 1 is 1.28 bits per heavy atom. The van der Waals surface area contributed by atoms with Gasteiger partial charge in [0.15, 0.2) is 17.6 Å². The highest BCUT2D eigenvalue weighted by Crippen LogP contribution is 2.39. The predicted octanol–water partition coefficient (Wildman–Crippen LogP) is 1.63. The number of rotatable bonds is 5. The van der Waals surface area contributed by atoms with Crippen LogP contribution in [-0.2, 0) is 9.53 Å². The molecule has 1 unspecified atom stereocenters. The highest BCUT2D eigenvalue weighted by Gasteiger charge is 2.22. The first-order valence-electron chi connectivity index (χ1n) is 5.14. The van der Waals surface area contributed by atoms with Crippen molar-refractivity contribution >= 4 is 17.7 Å². The van der Waals surface area contributed by atoms with Crippen LogP contribution >= 0.6 is 11.8 Å². The van der Waals surface area contributed by atoms with E-state index in [-0.39, 0.29) is 0 Å². The average molecular weight is 272 g/mol. The minimum absolute atomic E-state index is 0.406. The Labute approximate surface area is 110 Å². The van der Waals surface area contributed by atoms with Crippen LogP contribution in [0.4, 0.5) is 0 Å². The van der Waals surface area contributed by atoms with Crippen molar-refractivity contribution < 1.29 is 24.1 Å². The molecule has 0 bridgehead atoms. The van der Waals surface area contributed by atoms with Crippen molar-refractivity contribution in [2.75, 3.05) is 27.6 Å². The number of carbonyl (C=O) groups is 1. The summed E-state index contributed by atoms with van der Waals surface area (Å²) in [5.41, 5.74) is 0.406. The fourth-order valence-electron chi connectivity index (χ4n) is 1.51. The summed E-state index contributed by atoms with van der Waals surface area (Å²) in [7, 11) is 4.26. The van der Waals surface area contributed by atoms with Crippen molar-refractivity contribution in [3.8, 4) is 11.5 Å². The number of esters is 1. The second-order valence-electron chi connectivity index (χ2n) is 3.38. The first-order valence-corrected chi connectivity index (χ1v) is 6.37. The number of hydrogen-bond acceptors (Lipinski definition) is 6. The molecule has 0 radical (unpaired) electrons. The van der Waals surface area contributed by atoms with Crippen LogP contribution in [0, 0.1) is 0 Å². The van der Waals surface area contributed by atoms with E-state index in [0.29, 0.717) is 17.1 Å². The van der Waals surface area contributed by atoms with Gasteiger partial charge in [0.2, 0.25) is 0 Å². The molecule has 0 fully saturated rings. The zero-order valence-corrected chi connectivity index (χ0v) is 11.5. The maximum absolute atomic E-state index is 11.3. The van der Waals surface area contributed by atoms with Gasteiger partial charge in [-0.1, -0.05) is 0 Å². The number of methoxy groups -OCH3 is 3. The molecule has 0 saturated heterocycles. The van der Waals surface area contributed by atoms with E-state index in [0.717, 1.165) is 4.90 Å². The first-order chi connectivity index (χ1) is 8.58. The van der Waals surface area contributed by atoms with E-state index in [1.165, 1.54) is 33.1 Å². The van der Waals surface area contributed by atoms with E-state index in [4.69, 9.17) is 9.47 Å². The molecule has 1 N–H and O–H groups in total. The molecule has 0 spiro atoms. The highest BCUT2D eigenvalue weighted by molar-refractivity contribution is 7.98. The number of aliphatic hydroxyl groups is 1. The summed E-state index contributed by atoms with van der Waals surface area (Å²) in [4.78, 5) is 12.1. The van der Waals surface area contributed by atoms with Gasteiger partial charge in [-0.3, -0.25) is 0 Å². The Balaban J connectivity index is 3.27. The van der Waals surface area contributed by atoms with E-state index in [9.17, 15) is 9.90 Å². The molecule has 0 aliphatic rings. The summed E-state index contributed by atoms with van der Waals surface area (Å²) in [6, 6.07) is 3.23. The summed E-state index contributed by atoms with van der Waals surface area (Å²) >= 11 is 1.43. The maximum Gasteiger partial charge on any atom is 0.339 e. The third kappa shape index (κ3) is 2.88. The van der Waals surface area contributed by atoms with Gasteiger partial charge in [0, 0.05) is 0 Å². The van der Waals surface area contributed by atoms with E-state index < -0.39 is 12.1 Å². The average Bonchev–Trinajstić information content (AvgIpc) is 2.43. The predicted molar refractivity (Wildman–Crippen MR) is 68.3 cm³/mol. The monoisotopic (exact) mass is 272 g/mol.